The van der Waals surface area contributed by atoms with Crippen LogP contribution in [0.5, 0.6) is 5.75 Å². The van der Waals surface area contributed by atoms with Crippen molar-refractivity contribution in [2.75, 3.05) is 26.9 Å². The third-order valence-electron chi connectivity index (χ3n) is 3.98. The third kappa shape index (κ3) is 1.81. The van der Waals surface area contributed by atoms with Crippen molar-refractivity contribution in [3.8, 4) is 5.75 Å². The molecule has 0 aromatic heterocycles. The second-order valence-electron chi connectivity index (χ2n) is 5.08. The number of carbonyl (C=O) groups excluding carboxylic acids is 1. The Balaban J connectivity index is 1.91. The molecule has 1 unspecified atom stereocenters. The molecule has 1 aromatic carbocycles. The maximum atomic E-state index is 12.0. The van der Waals surface area contributed by atoms with Crippen LogP contribution in [0.1, 0.15) is 17.2 Å². The zero-order valence-electron chi connectivity index (χ0n) is 10.8. The Bertz CT molecular complexity index is 510. The van der Waals surface area contributed by atoms with Crippen molar-refractivity contribution < 1.29 is 19.0 Å². The number of nitrogens with two attached hydrogens (primary N) is 1. The van der Waals surface area contributed by atoms with Gasteiger partial charge in [0.15, 0.2) is 0 Å². The maximum Gasteiger partial charge on any atom is 0.318 e. The molecular formula is C14H17NO4. The summed E-state index contributed by atoms with van der Waals surface area (Å²) in [5.74, 6) is 0.607. The van der Waals surface area contributed by atoms with Crippen molar-refractivity contribution in [1.29, 1.82) is 0 Å². The number of hydrogen-bond acceptors (Lipinski definition) is 5. The molecule has 2 aliphatic rings. The molecule has 0 bridgehead atoms. The molecular weight excluding hydrogens is 246 g/mol. The van der Waals surface area contributed by atoms with Gasteiger partial charge in [0.1, 0.15) is 11.2 Å². The van der Waals surface area contributed by atoms with E-state index < -0.39 is 11.5 Å². The second-order valence-corrected chi connectivity index (χ2v) is 5.08. The Morgan fingerprint density at radius 2 is 2.26 bits per heavy atom. The lowest BCUT2D eigenvalue weighted by Gasteiger charge is -2.42. The minimum Gasteiger partial charge on any atom is -0.493 e. The molecule has 0 aliphatic carbocycles. The molecule has 1 atom stereocenters. The summed E-state index contributed by atoms with van der Waals surface area (Å²) in [5.41, 5.74) is 7.61. The van der Waals surface area contributed by atoms with E-state index in [1.807, 2.05) is 18.2 Å². The average Bonchev–Trinajstić information content (AvgIpc) is 2.84. The first-order valence-corrected chi connectivity index (χ1v) is 6.35. The van der Waals surface area contributed by atoms with Crippen LogP contribution in [-0.4, -0.2) is 32.9 Å². The van der Waals surface area contributed by atoms with E-state index in [2.05, 4.69) is 0 Å². The minimum absolute atomic E-state index is 0.303. The lowest BCUT2D eigenvalue weighted by atomic mass is 9.75. The van der Waals surface area contributed by atoms with Crippen LogP contribution in [0, 0.1) is 5.41 Å². The van der Waals surface area contributed by atoms with Crippen molar-refractivity contribution >= 4 is 5.97 Å². The molecule has 3 rings (SSSR count). The molecule has 0 spiro atoms. The first-order chi connectivity index (χ1) is 9.17. The van der Waals surface area contributed by atoms with Crippen LogP contribution >= 0.6 is 0 Å². The van der Waals surface area contributed by atoms with Crippen LogP contribution in [0.3, 0.4) is 0 Å². The topological polar surface area (TPSA) is 70.8 Å². The fourth-order valence-corrected chi connectivity index (χ4v) is 2.67. The van der Waals surface area contributed by atoms with Gasteiger partial charge in [0, 0.05) is 6.42 Å². The highest BCUT2D eigenvalue weighted by Gasteiger charge is 2.52. The molecule has 1 aromatic rings. The highest BCUT2D eigenvalue weighted by molar-refractivity contribution is 5.79. The lowest BCUT2D eigenvalue weighted by Crippen LogP contribution is -2.56. The van der Waals surface area contributed by atoms with Gasteiger partial charge in [-0.1, -0.05) is 12.1 Å². The third-order valence-corrected chi connectivity index (χ3v) is 3.98. The van der Waals surface area contributed by atoms with Gasteiger partial charge in [0.05, 0.1) is 33.0 Å². The van der Waals surface area contributed by atoms with Crippen LogP contribution in [0.2, 0.25) is 0 Å². The van der Waals surface area contributed by atoms with Gasteiger partial charge in [-0.05, 0) is 17.2 Å². The quantitative estimate of drug-likeness (QED) is 0.817. The first kappa shape index (κ1) is 12.4. The van der Waals surface area contributed by atoms with Gasteiger partial charge in [0.25, 0.3) is 0 Å². The number of fused-ring (bicyclic) bond motifs is 1. The molecule has 0 radical (unpaired) electrons. The zero-order chi connectivity index (χ0) is 13.5. The van der Waals surface area contributed by atoms with E-state index in [9.17, 15) is 4.79 Å². The summed E-state index contributed by atoms with van der Waals surface area (Å²) in [4.78, 5) is 12.0. The normalized spacial score (nSPS) is 20.9. The number of methoxy groups -OCH3 is 1. The fourth-order valence-electron chi connectivity index (χ4n) is 2.67. The van der Waals surface area contributed by atoms with E-state index in [4.69, 9.17) is 19.9 Å². The number of rotatable bonds is 3. The molecule has 2 N–H and O–H groups in total. The molecule has 1 saturated heterocycles. The van der Waals surface area contributed by atoms with E-state index in [1.54, 1.807) is 0 Å². The van der Waals surface area contributed by atoms with E-state index in [1.165, 1.54) is 7.11 Å². The highest BCUT2D eigenvalue weighted by atomic mass is 16.5. The summed E-state index contributed by atoms with van der Waals surface area (Å²) in [6, 6.07) is 5.44. The zero-order valence-corrected chi connectivity index (χ0v) is 10.8. The summed E-state index contributed by atoms with van der Waals surface area (Å²) < 4.78 is 15.5. The molecule has 19 heavy (non-hydrogen) atoms. The summed E-state index contributed by atoms with van der Waals surface area (Å²) in [5, 5.41) is 0. The predicted molar refractivity (Wildman–Crippen MR) is 67.8 cm³/mol. The van der Waals surface area contributed by atoms with E-state index in [0.29, 0.717) is 19.8 Å². The summed E-state index contributed by atoms with van der Waals surface area (Å²) >= 11 is 0. The van der Waals surface area contributed by atoms with Gasteiger partial charge < -0.3 is 19.9 Å². The van der Waals surface area contributed by atoms with Gasteiger partial charge in [-0.3, -0.25) is 4.79 Å². The SMILES string of the molecule is COC(=O)C1(C(N)c2ccc3c(c2)CCO3)COC1. The van der Waals surface area contributed by atoms with Crippen molar-refractivity contribution in [2.45, 2.75) is 12.5 Å². The molecule has 5 heteroatoms. The standard InChI is InChI=1S/C14H17NO4/c1-17-13(16)14(7-18-8-14)12(15)10-2-3-11-9(6-10)4-5-19-11/h2-3,6,12H,4-5,7-8,15H2,1H3. The summed E-state index contributed by atoms with van der Waals surface area (Å²) in [7, 11) is 1.38. The van der Waals surface area contributed by atoms with Crippen LogP contribution in [0.15, 0.2) is 18.2 Å². The Labute approximate surface area is 111 Å². The second kappa shape index (κ2) is 4.51. The Hall–Kier alpha value is -1.59. The lowest BCUT2D eigenvalue weighted by molar-refractivity contribution is -0.188. The van der Waals surface area contributed by atoms with Crippen molar-refractivity contribution in [1.82, 2.24) is 0 Å². The van der Waals surface area contributed by atoms with Crippen molar-refractivity contribution in [3.05, 3.63) is 29.3 Å². The Morgan fingerprint density at radius 3 is 2.89 bits per heavy atom. The minimum atomic E-state index is -0.748. The summed E-state index contributed by atoms with van der Waals surface area (Å²) in [6.07, 6.45) is 0.887. The van der Waals surface area contributed by atoms with Crippen molar-refractivity contribution in [2.24, 2.45) is 11.1 Å². The maximum absolute atomic E-state index is 12.0. The van der Waals surface area contributed by atoms with E-state index >= 15 is 0 Å². The van der Waals surface area contributed by atoms with Gasteiger partial charge in [-0.15, -0.1) is 0 Å². The molecule has 2 aliphatic heterocycles. The van der Waals surface area contributed by atoms with Crippen molar-refractivity contribution in [3.63, 3.8) is 0 Å². The van der Waals surface area contributed by atoms with Crippen LogP contribution < -0.4 is 10.5 Å². The number of benzene rings is 1. The first-order valence-electron chi connectivity index (χ1n) is 6.35. The highest BCUT2D eigenvalue weighted by Crippen LogP contribution is 2.41. The van der Waals surface area contributed by atoms with Gasteiger partial charge in [0.2, 0.25) is 0 Å². The molecule has 102 valence electrons. The van der Waals surface area contributed by atoms with E-state index in [-0.39, 0.29) is 5.97 Å². The molecule has 1 fully saturated rings. The molecule has 5 nitrogen and oxygen atoms in total. The number of esters is 1. The van der Waals surface area contributed by atoms with Crippen LogP contribution in [0.25, 0.3) is 0 Å². The predicted octanol–water partition coefficient (Wildman–Crippen LogP) is 0.811. The monoisotopic (exact) mass is 263 g/mol. The van der Waals surface area contributed by atoms with Gasteiger partial charge in [-0.2, -0.15) is 0 Å². The van der Waals surface area contributed by atoms with Crippen LogP contribution in [-0.2, 0) is 20.7 Å². The number of carbonyl (C=O) groups is 1. The molecule has 0 amide bonds. The number of ether oxygens (including phenoxy) is 3. The average molecular weight is 263 g/mol. The Morgan fingerprint density at radius 1 is 1.47 bits per heavy atom. The molecule has 2 heterocycles. The smallest absolute Gasteiger partial charge is 0.318 e. The van der Waals surface area contributed by atoms with Crippen LogP contribution in [0.4, 0.5) is 0 Å². The number of hydrogen-bond donors (Lipinski definition) is 1. The van der Waals surface area contributed by atoms with Gasteiger partial charge in [-0.25, -0.2) is 0 Å². The van der Waals surface area contributed by atoms with E-state index in [0.717, 1.165) is 23.3 Å². The fraction of sp³-hybridized carbons (Fsp3) is 0.500. The summed E-state index contributed by atoms with van der Waals surface area (Å²) in [6.45, 7) is 1.34. The van der Waals surface area contributed by atoms with Gasteiger partial charge >= 0.3 is 5.97 Å². The molecule has 0 saturated carbocycles. The largest absolute Gasteiger partial charge is 0.493 e. The Kier molecular flexibility index (Phi) is 2.95.